The maximum atomic E-state index is 12.4. The predicted molar refractivity (Wildman–Crippen MR) is 91.9 cm³/mol. The molecule has 0 atom stereocenters. The van der Waals surface area contributed by atoms with Crippen LogP contribution in [-0.4, -0.2) is 46.9 Å². The maximum Gasteiger partial charge on any atom is 0.222 e. The van der Waals surface area contributed by atoms with Crippen molar-refractivity contribution < 1.29 is 4.79 Å². The summed E-state index contributed by atoms with van der Waals surface area (Å²) in [6.07, 6.45) is 12.4. The Morgan fingerprint density at radius 2 is 1.91 bits per heavy atom. The van der Waals surface area contributed by atoms with E-state index in [9.17, 15) is 4.79 Å². The highest BCUT2D eigenvalue weighted by atomic mass is 16.2. The van der Waals surface area contributed by atoms with Crippen LogP contribution in [0.4, 0.5) is 0 Å². The van der Waals surface area contributed by atoms with Gasteiger partial charge < -0.3 is 4.90 Å². The van der Waals surface area contributed by atoms with Crippen molar-refractivity contribution in [3.05, 3.63) is 30.1 Å². The van der Waals surface area contributed by atoms with Crippen LogP contribution in [0, 0.1) is 5.92 Å². The zero-order valence-corrected chi connectivity index (χ0v) is 14.1. The summed E-state index contributed by atoms with van der Waals surface area (Å²) in [6, 6.07) is 4.11. The molecule has 2 heterocycles. The van der Waals surface area contributed by atoms with Crippen molar-refractivity contribution in [3.63, 3.8) is 0 Å². The fraction of sp³-hybridized carbons (Fsp3) is 0.684. The first-order valence-corrected chi connectivity index (χ1v) is 9.20. The van der Waals surface area contributed by atoms with Gasteiger partial charge in [0.05, 0.1) is 0 Å². The van der Waals surface area contributed by atoms with E-state index in [1.165, 1.54) is 37.7 Å². The van der Waals surface area contributed by atoms with E-state index in [0.717, 1.165) is 51.5 Å². The molecule has 23 heavy (non-hydrogen) atoms. The topological polar surface area (TPSA) is 36.4 Å². The second kappa shape index (κ2) is 8.44. The molecule has 0 unspecified atom stereocenters. The molecule has 2 fully saturated rings. The first-order chi connectivity index (χ1) is 11.3. The summed E-state index contributed by atoms with van der Waals surface area (Å²) in [5.74, 6) is 1.18. The molecule has 0 aromatic carbocycles. The number of piperazine rings is 1. The molecule has 0 radical (unpaired) electrons. The number of hydrogen-bond acceptors (Lipinski definition) is 3. The normalized spacial score (nSPS) is 20.6. The molecule has 1 saturated heterocycles. The molecular formula is C19H29N3O. The fourth-order valence-electron chi connectivity index (χ4n) is 3.87. The average molecular weight is 315 g/mol. The van der Waals surface area contributed by atoms with Gasteiger partial charge in [-0.2, -0.15) is 0 Å². The predicted octanol–water partition coefficient (Wildman–Crippen LogP) is 3.09. The van der Waals surface area contributed by atoms with Crippen LogP contribution in [0.3, 0.4) is 0 Å². The summed E-state index contributed by atoms with van der Waals surface area (Å²) in [4.78, 5) is 21.1. The van der Waals surface area contributed by atoms with E-state index in [1.54, 1.807) is 0 Å². The van der Waals surface area contributed by atoms with E-state index in [-0.39, 0.29) is 0 Å². The van der Waals surface area contributed by atoms with Crippen molar-refractivity contribution in [1.82, 2.24) is 14.8 Å². The Bertz CT molecular complexity index is 477. The van der Waals surface area contributed by atoms with Gasteiger partial charge in [0.1, 0.15) is 0 Å². The highest BCUT2D eigenvalue weighted by molar-refractivity contribution is 5.76. The van der Waals surface area contributed by atoms with Gasteiger partial charge in [-0.25, -0.2) is 0 Å². The van der Waals surface area contributed by atoms with Gasteiger partial charge in [-0.3, -0.25) is 14.7 Å². The molecule has 2 aliphatic rings. The first-order valence-electron chi connectivity index (χ1n) is 9.20. The largest absolute Gasteiger partial charge is 0.340 e. The second-order valence-corrected chi connectivity index (χ2v) is 7.06. The van der Waals surface area contributed by atoms with E-state index < -0.39 is 0 Å². The van der Waals surface area contributed by atoms with Crippen LogP contribution >= 0.6 is 0 Å². The molecule has 126 valence electrons. The third-order valence-corrected chi connectivity index (χ3v) is 5.35. The van der Waals surface area contributed by atoms with Gasteiger partial charge in [0, 0.05) is 51.5 Å². The smallest absolute Gasteiger partial charge is 0.222 e. The molecule has 0 spiro atoms. The van der Waals surface area contributed by atoms with Gasteiger partial charge >= 0.3 is 0 Å². The highest BCUT2D eigenvalue weighted by Crippen LogP contribution is 2.27. The molecule has 1 aliphatic carbocycles. The van der Waals surface area contributed by atoms with E-state index in [1.807, 2.05) is 18.5 Å². The van der Waals surface area contributed by atoms with E-state index in [2.05, 4.69) is 20.9 Å². The summed E-state index contributed by atoms with van der Waals surface area (Å²) in [6.45, 7) is 4.65. The number of carbonyl (C=O) groups excluding carboxylic acids is 1. The van der Waals surface area contributed by atoms with Crippen LogP contribution in [0.1, 0.15) is 50.5 Å². The SMILES string of the molecule is O=C(CCC1CCCCC1)N1CCN(Cc2cccnc2)CC1. The van der Waals surface area contributed by atoms with Crippen LogP contribution in [0.25, 0.3) is 0 Å². The molecule has 0 N–H and O–H groups in total. The third kappa shape index (κ3) is 5.03. The fourth-order valence-corrected chi connectivity index (χ4v) is 3.87. The third-order valence-electron chi connectivity index (χ3n) is 5.35. The summed E-state index contributed by atoms with van der Waals surface area (Å²) in [7, 11) is 0. The van der Waals surface area contributed by atoms with Crippen LogP contribution in [0.5, 0.6) is 0 Å². The van der Waals surface area contributed by atoms with E-state index in [0.29, 0.717) is 5.91 Å². The van der Waals surface area contributed by atoms with Gasteiger partial charge in [-0.05, 0) is 24.0 Å². The van der Waals surface area contributed by atoms with Crippen molar-refractivity contribution >= 4 is 5.91 Å². The Labute approximate surface area is 139 Å². The minimum absolute atomic E-state index is 0.372. The minimum Gasteiger partial charge on any atom is -0.340 e. The van der Waals surface area contributed by atoms with Crippen LogP contribution in [0.15, 0.2) is 24.5 Å². The molecule has 1 saturated carbocycles. The standard InChI is InChI=1S/C19H29N3O/c23-19(9-8-17-5-2-1-3-6-17)22-13-11-21(12-14-22)16-18-7-4-10-20-15-18/h4,7,10,15,17H,1-3,5-6,8-9,11-14,16H2. The van der Waals surface area contributed by atoms with Crippen molar-refractivity contribution in [2.24, 2.45) is 5.92 Å². The summed E-state index contributed by atoms with van der Waals surface area (Å²) >= 11 is 0. The van der Waals surface area contributed by atoms with Gasteiger partial charge in [-0.15, -0.1) is 0 Å². The number of rotatable bonds is 5. The summed E-state index contributed by atoms with van der Waals surface area (Å²) in [5.41, 5.74) is 1.25. The Morgan fingerprint density at radius 1 is 1.13 bits per heavy atom. The molecule has 1 amide bonds. The lowest BCUT2D eigenvalue weighted by atomic mass is 9.86. The molecule has 0 bridgehead atoms. The molecule has 4 heteroatoms. The summed E-state index contributed by atoms with van der Waals surface area (Å²) in [5, 5.41) is 0. The Balaban J connectivity index is 1.37. The van der Waals surface area contributed by atoms with Crippen LogP contribution < -0.4 is 0 Å². The second-order valence-electron chi connectivity index (χ2n) is 7.06. The van der Waals surface area contributed by atoms with Gasteiger partial charge in [-0.1, -0.05) is 38.2 Å². The zero-order chi connectivity index (χ0) is 15.9. The Hall–Kier alpha value is -1.42. The molecule has 3 rings (SSSR count). The first kappa shape index (κ1) is 16.4. The van der Waals surface area contributed by atoms with Crippen LogP contribution in [0.2, 0.25) is 0 Å². The molecule has 4 nitrogen and oxygen atoms in total. The van der Waals surface area contributed by atoms with E-state index >= 15 is 0 Å². The molecule has 1 aromatic rings. The van der Waals surface area contributed by atoms with Crippen molar-refractivity contribution in [1.29, 1.82) is 0 Å². The number of aromatic nitrogens is 1. The zero-order valence-electron chi connectivity index (χ0n) is 14.1. The number of carbonyl (C=O) groups is 1. The number of hydrogen-bond donors (Lipinski definition) is 0. The van der Waals surface area contributed by atoms with Crippen LogP contribution in [-0.2, 0) is 11.3 Å². The number of nitrogens with zero attached hydrogens (tertiary/aromatic N) is 3. The monoisotopic (exact) mass is 315 g/mol. The number of amides is 1. The van der Waals surface area contributed by atoms with Crippen molar-refractivity contribution in [2.75, 3.05) is 26.2 Å². The lowest BCUT2D eigenvalue weighted by Gasteiger charge is -2.35. The quantitative estimate of drug-likeness (QED) is 0.838. The minimum atomic E-state index is 0.372. The molecular weight excluding hydrogens is 286 g/mol. The van der Waals surface area contributed by atoms with Crippen molar-refractivity contribution in [2.45, 2.75) is 51.5 Å². The average Bonchev–Trinajstić information content (AvgIpc) is 2.62. The highest BCUT2D eigenvalue weighted by Gasteiger charge is 2.22. The van der Waals surface area contributed by atoms with Crippen molar-refractivity contribution in [3.8, 4) is 0 Å². The van der Waals surface area contributed by atoms with Gasteiger partial charge in [0.25, 0.3) is 0 Å². The lowest BCUT2D eigenvalue weighted by molar-refractivity contribution is -0.133. The lowest BCUT2D eigenvalue weighted by Crippen LogP contribution is -2.48. The van der Waals surface area contributed by atoms with E-state index in [4.69, 9.17) is 0 Å². The van der Waals surface area contributed by atoms with Gasteiger partial charge in [0.2, 0.25) is 5.91 Å². The number of pyridine rings is 1. The Morgan fingerprint density at radius 3 is 2.61 bits per heavy atom. The summed E-state index contributed by atoms with van der Waals surface area (Å²) < 4.78 is 0. The van der Waals surface area contributed by atoms with Gasteiger partial charge in [0.15, 0.2) is 0 Å². The Kier molecular flexibility index (Phi) is 6.03. The maximum absolute atomic E-state index is 12.4. The molecule has 1 aliphatic heterocycles. The molecule has 1 aromatic heterocycles.